The summed E-state index contributed by atoms with van der Waals surface area (Å²) < 4.78 is 35.5. The van der Waals surface area contributed by atoms with Crippen LogP contribution in [0.25, 0.3) is 111 Å². The maximum atomic E-state index is 14.0. The summed E-state index contributed by atoms with van der Waals surface area (Å²) in [5.41, 5.74) is 31.2. The molecule has 0 atom stereocenters. The van der Waals surface area contributed by atoms with Crippen LogP contribution < -0.4 is 25.3 Å². The molecule has 27 heteroatoms. The largest absolute Gasteiger partial charge is 0.369 e. The van der Waals surface area contributed by atoms with Crippen LogP contribution in [-0.4, -0.2) is 195 Å². The zero-order valence-electron chi connectivity index (χ0n) is 71.8. The number of benzene rings is 4. The Labute approximate surface area is 728 Å². The van der Waals surface area contributed by atoms with Gasteiger partial charge in [-0.1, -0.05) is 29.8 Å². The number of hydrogen-bond acceptors (Lipinski definition) is 21. The van der Waals surface area contributed by atoms with Crippen molar-refractivity contribution in [3.63, 3.8) is 0 Å². The number of likely N-dealkylation sites (N-methyl/N-ethyl adjacent to an activating group) is 1. The quantitative estimate of drug-likeness (QED) is 0.119. The van der Waals surface area contributed by atoms with E-state index >= 15 is 0 Å². The first-order valence-electron chi connectivity index (χ1n) is 43.6. The zero-order chi connectivity index (χ0) is 85.8. The van der Waals surface area contributed by atoms with E-state index in [4.69, 9.17) is 25.7 Å². The minimum absolute atomic E-state index is 0.139. The van der Waals surface area contributed by atoms with Gasteiger partial charge in [-0.3, -0.25) is 34.8 Å². The second-order valence-electron chi connectivity index (χ2n) is 35.0. The Morgan fingerprint density at radius 2 is 0.802 bits per heavy atom. The van der Waals surface area contributed by atoms with E-state index in [0.29, 0.717) is 46.0 Å². The van der Waals surface area contributed by atoms with Gasteiger partial charge in [0.1, 0.15) is 11.6 Å². The topological polar surface area (TPSA) is 244 Å². The SMILES string of the molecule is Cc1cc(-c2cnn3cc(N4CC(c5ccncc5)C4)cnc23)c2ccccc2n1.Cc1cc2c(-c3cnn4cc(N5CC(c6ccncc6)C5)cnc34)ccnc2cc1F.Cc1cc2c(-c3cnn4cc(N5CCC(C(C)(C)N)CC5)cnc34)ccnc2cc1F.Cc1ccc2nccc(-c3cnn4cc(N5CCC(N6CCCN(C)CC6)CC5)cnc34)c2c1. The first-order valence-corrected chi connectivity index (χ1v) is 43.6. The molecule has 0 spiro atoms. The molecule has 0 radical (unpaired) electrons. The predicted octanol–water partition coefficient (Wildman–Crippen LogP) is 16.8. The predicted molar refractivity (Wildman–Crippen MR) is 494 cm³/mol. The first-order chi connectivity index (χ1) is 61.4. The lowest BCUT2D eigenvalue weighted by Crippen LogP contribution is -2.47. The molecule has 5 fully saturated rings. The monoisotopic (exact) mass is 1680 g/mol. The van der Waals surface area contributed by atoms with E-state index in [1.165, 1.54) is 74.3 Å². The van der Waals surface area contributed by atoms with Gasteiger partial charge < -0.3 is 30.2 Å². The van der Waals surface area contributed by atoms with Crippen LogP contribution >= 0.6 is 0 Å². The number of halogens is 2. The molecular formula is C99H99F2N25. The van der Waals surface area contributed by atoms with Gasteiger partial charge in [0.25, 0.3) is 0 Å². The molecule has 126 heavy (non-hydrogen) atoms. The summed E-state index contributed by atoms with van der Waals surface area (Å²) in [5.74, 6) is 1.09. The molecule has 634 valence electrons. The fourth-order valence-corrected chi connectivity index (χ4v) is 18.8. The maximum absolute atomic E-state index is 14.0. The molecule has 14 aromatic heterocycles. The number of anilines is 4. The Balaban J connectivity index is 0.000000106. The smallest absolute Gasteiger partial charge is 0.162 e. The molecule has 5 aliphatic heterocycles. The Morgan fingerprint density at radius 1 is 0.373 bits per heavy atom. The number of hydrogen-bond donors (Lipinski definition) is 1. The molecule has 0 saturated carbocycles. The third kappa shape index (κ3) is 16.2. The molecule has 0 unspecified atom stereocenters. The van der Waals surface area contributed by atoms with Gasteiger partial charge in [0, 0.05) is 194 Å². The van der Waals surface area contributed by atoms with Crippen molar-refractivity contribution in [3.8, 4) is 44.5 Å². The first kappa shape index (κ1) is 80.6. The summed E-state index contributed by atoms with van der Waals surface area (Å²) in [6.07, 6.45) is 42.1. The number of pyridine rings is 6. The summed E-state index contributed by atoms with van der Waals surface area (Å²) in [6, 6.07) is 38.4. The van der Waals surface area contributed by atoms with E-state index in [0.717, 1.165) is 193 Å². The van der Waals surface area contributed by atoms with Gasteiger partial charge in [0.15, 0.2) is 22.6 Å². The molecule has 0 bridgehead atoms. The highest BCUT2D eigenvalue weighted by Gasteiger charge is 2.34. The van der Waals surface area contributed by atoms with Gasteiger partial charge in [-0.05, 0) is 223 Å². The van der Waals surface area contributed by atoms with Crippen molar-refractivity contribution in [2.45, 2.75) is 97.1 Å². The normalized spacial score (nSPS) is 16.0. The van der Waals surface area contributed by atoms with Crippen LogP contribution in [-0.2, 0) is 0 Å². The Kier molecular flexibility index (Phi) is 21.8. The fourth-order valence-electron chi connectivity index (χ4n) is 18.8. The van der Waals surface area contributed by atoms with Crippen molar-refractivity contribution in [3.05, 3.63) is 278 Å². The van der Waals surface area contributed by atoms with Gasteiger partial charge in [-0.2, -0.15) is 20.4 Å². The van der Waals surface area contributed by atoms with E-state index in [2.05, 4.69) is 181 Å². The van der Waals surface area contributed by atoms with E-state index in [9.17, 15) is 8.78 Å². The second-order valence-corrected chi connectivity index (χ2v) is 35.0. The highest BCUT2D eigenvalue weighted by atomic mass is 19.1. The van der Waals surface area contributed by atoms with Crippen LogP contribution in [0.2, 0.25) is 0 Å². The molecular weight excluding hydrogens is 1580 g/mol. The van der Waals surface area contributed by atoms with Gasteiger partial charge >= 0.3 is 0 Å². The van der Waals surface area contributed by atoms with Crippen LogP contribution in [0.5, 0.6) is 0 Å². The van der Waals surface area contributed by atoms with Crippen LogP contribution in [0.4, 0.5) is 31.5 Å². The number of aromatic nitrogens is 18. The van der Waals surface area contributed by atoms with Crippen molar-refractivity contribution < 1.29 is 8.78 Å². The number of aryl methyl sites for hydroxylation is 4. The second kappa shape index (κ2) is 34.1. The summed E-state index contributed by atoms with van der Waals surface area (Å²) >= 11 is 0. The van der Waals surface area contributed by atoms with E-state index in [1.54, 1.807) is 26.2 Å². The molecule has 18 aromatic rings. The number of piperidine rings is 2. The Hall–Kier alpha value is -13.8. The third-order valence-corrected chi connectivity index (χ3v) is 26.2. The molecule has 23 rings (SSSR count). The summed E-state index contributed by atoms with van der Waals surface area (Å²) in [7, 11) is 2.24. The Bertz CT molecular complexity index is 7040. The van der Waals surface area contributed by atoms with Crippen molar-refractivity contribution in [2.24, 2.45) is 11.7 Å². The van der Waals surface area contributed by atoms with Gasteiger partial charge in [0.05, 0.1) is 119 Å². The molecule has 25 nitrogen and oxygen atoms in total. The number of rotatable bonds is 12. The minimum Gasteiger partial charge on any atom is -0.369 e. The molecule has 19 heterocycles. The maximum Gasteiger partial charge on any atom is 0.162 e. The lowest BCUT2D eigenvalue weighted by Gasteiger charge is -2.41. The summed E-state index contributed by atoms with van der Waals surface area (Å²) in [5, 5.41) is 22.5. The van der Waals surface area contributed by atoms with Crippen LogP contribution in [0.15, 0.2) is 233 Å². The van der Waals surface area contributed by atoms with E-state index in [1.807, 2.05) is 160 Å². The number of nitrogens with zero attached hydrogens (tertiary/aromatic N) is 24. The minimum atomic E-state index is -0.251. The van der Waals surface area contributed by atoms with Gasteiger partial charge in [-0.25, -0.2) is 46.8 Å². The van der Waals surface area contributed by atoms with Crippen molar-refractivity contribution in [2.75, 3.05) is 105 Å². The van der Waals surface area contributed by atoms with Gasteiger partial charge in [-0.15, -0.1) is 0 Å². The molecule has 5 aliphatic rings. The summed E-state index contributed by atoms with van der Waals surface area (Å²) in [4.78, 5) is 59.8. The highest BCUT2D eigenvalue weighted by molar-refractivity contribution is 6.01. The Morgan fingerprint density at radius 3 is 1.27 bits per heavy atom. The number of para-hydroxylation sites is 1. The lowest BCUT2D eigenvalue weighted by molar-refractivity contribution is 0.174. The van der Waals surface area contributed by atoms with Crippen molar-refractivity contribution in [1.29, 1.82) is 0 Å². The van der Waals surface area contributed by atoms with Gasteiger partial charge in [0.2, 0.25) is 0 Å². The zero-order valence-corrected chi connectivity index (χ0v) is 71.8. The van der Waals surface area contributed by atoms with Crippen molar-refractivity contribution >= 4 is 88.9 Å². The van der Waals surface area contributed by atoms with E-state index < -0.39 is 0 Å². The van der Waals surface area contributed by atoms with E-state index in [-0.39, 0.29) is 17.2 Å². The standard InChI is InChI=1S/C27H33N7.C24H19FN6.C24H27FN6.C24H20N6/c1-20-4-5-26-24(16-20)23(6-9-28-26)25-18-30-34-19-22(17-29-27(25)34)33-12-7-21(8-13-33)32-11-3-10-31(2)14-15-32;1-15-8-20-19(4-7-27-23(20)9-22(15)25)21-11-29-31-14-18(10-28-24(21)31)30-12-17(13-30)16-2-5-26-6-3-16;1-15-10-19-18(4-7-27-22(19)11-21(15)25)20-13-29-31-14-17(12-28-23(20)31)30-8-5-16(6-9-30)24(2,3)26;1-16-10-21(20-4-2-3-5-23(20)28-16)22-12-27-30-15-19(11-26-24(22)30)29-13-18(14-29)17-6-8-25-9-7-17/h4-6,9,16-19,21H,3,7-8,10-15H2,1-2H3;2-11,14,17H,12-13H2,1H3;4,7,10-14,16H,5-6,8-9,26H2,1-3H3;2-12,15,18H,13-14H2,1H3. The van der Waals surface area contributed by atoms with Crippen LogP contribution in [0.1, 0.15) is 91.3 Å². The van der Waals surface area contributed by atoms with Crippen molar-refractivity contribution in [1.82, 2.24) is 98.1 Å². The summed E-state index contributed by atoms with van der Waals surface area (Å²) in [6.45, 7) is 24.7. The molecule has 5 saturated heterocycles. The van der Waals surface area contributed by atoms with Crippen LogP contribution in [0, 0.1) is 45.2 Å². The highest BCUT2D eigenvalue weighted by Crippen LogP contribution is 2.40. The average molecular weight is 1680 g/mol. The van der Waals surface area contributed by atoms with Crippen LogP contribution in [0.3, 0.4) is 0 Å². The number of fused-ring (bicyclic) bond motifs is 8. The molecule has 2 N–H and O–H groups in total. The molecule has 0 amide bonds. The third-order valence-electron chi connectivity index (χ3n) is 26.2. The molecule has 0 aliphatic carbocycles. The fraction of sp³-hybridized carbons (Fsp3) is 0.293. The molecule has 4 aromatic carbocycles. The number of nitrogens with two attached hydrogens (primary N) is 1. The lowest BCUT2D eigenvalue weighted by atomic mass is 9.81. The average Bonchev–Trinajstić information content (AvgIpc) is 1.61.